The topological polar surface area (TPSA) is 21.3 Å². The van der Waals surface area contributed by atoms with Crippen LogP contribution in [0.15, 0.2) is 0 Å². The first-order chi connectivity index (χ1) is 6.97. The maximum atomic E-state index is 6.27. The molecule has 0 aromatic rings. The van der Waals surface area contributed by atoms with Gasteiger partial charge in [-0.1, -0.05) is 19.8 Å². The summed E-state index contributed by atoms with van der Waals surface area (Å²) in [5, 5.41) is 3.52. The molecule has 1 fully saturated rings. The lowest BCUT2D eigenvalue weighted by Gasteiger charge is -2.37. The highest BCUT2D eigenvalue weighted by Crippen LogP contribution is 2.36. The van der Waals surface area contributed by atoms with Gasteiger partial charge in [0.05, 0.1) is 11.2 Å². The van der Waals surface area contributed by atoms with Gasteiger partial charge in [-0.3, -0.25) is 0 Å². The number of nitrogens with one attached hydrogen (secondary N) is 1. The van der Waals surface area contributed by atoms with E-state index in [1.165, 1.54) is 32.1 Å². The molecule has 90 valence electrons. The van der Waals surface area contributed by atoms with Gasteiger partial charge in [-0.05, 0) is 46.6 Å². The van der Waals surface area contributed by atoms with Crippen LogP contribution in [0.2, 0.25) is 0 Å². The molecule has 0 radical (unpaired) electrons. The van der Waals surface area contributed by atoms with Crippen molar-refractivity contribution in [2.45, 2.75) is 71.0 Å². The summed E-state index contributed by atoms with van der Waals surface area (Å²) in [5.41, 5.74) is 0.103. The van der Waals surface area contributed by atoms with E-state index in [1.807, 2.05) is 0 Å². The Labute approximate surface area is 94.8 Å². The molecule has 1 aliphatic carbocycles. The summed E-state index contributed by atoms with van der Waals surface area (Å²) in [5.74, 6) is 0. The molecular weight excluding hydrogens is 186 g/mol. The molecule has 0 amide bonds. The molecule has 0 aromatic heterocycles. The molecule has 0 aromatic carbocycles. The zero-order valence-electron chi connectivity index (χ0n) is 10.9. The van der Waals surface area contributed by atoms with E-state index in [-0.39, 0.29) is 11.2 Å². The van der Waals surface area contributed by atoms with Crippen molar-refractivity contribution in [1.82, 2.24) is 5.32 Å². The van der Waals surface area contributed by atoms with E-state index in [1.54, 1.807) is 0 Å². The minimum atomic E-state index is -0.0156. The summed E-state index contributed by atoms with van der Waals surface area (Å²) in [4.78, 5) is 0. The molecular formula is C13H27NO. The molecule has 0 atom stereocenters. The van der Waals surface area contributed by atoms with E-state index >= 15 is 0 Å². The van der Waals surface area contributed by atoms with Gasteiger partial charge in [-0.15, -0.1) is 0 Å². The van der Waals surface area contributed by atoms with Crippen molar-refractivity contribution in [3.8, 4) is 0 Å². The normalized spacial score (nSPS) is 20.8. The summed E-state index contributed by atoms with van der Waals surface area (Å²) in [6.07, 6.45) is 6.29. The molecule has 1 rings (SSSR count). The van der Waals surface area contributed by atoms with E-state index in [9.17, 15) is 0 Å². The number of hydrogen-bond donors (Lipinski definition) is 1. The van der Waals surface area contributed by atoms with Crippen LogP contribution < -0.4 is 5.32 Å². The lowest BCUT2D eigenvalue weighted by molar-refractivity contribution is -0.126. The van der Waals surface area contributed by atoms with E-state index in [0.717, 1.165) is 13.1 Å². The fraction of sp³-hybridized carbons (Fsp3) is 1.00. The molecule has 1 N–H and O–H groups in total. The fourth-order valence-corrected chi connectivity index (χ4v) is 2.48. The van der Waals surface area contributed by atoms with E-state index < -0.39 is 0 Å². The maximum Gasteiger partial charge on any atom is 0.0813 e. The first-order valence-electron chi connectivity index (χ1n) is 6.38. The second-order valence-corrected chi connectivity index (χ2v) is 5.78. The Morgan fingerprint density at radius 1 is 1.20 bits per heavy atom. The summed E-state index contributed by atoms with van der Waals surface area (Å²) < 4.78 is 6.27. The lowest BCUT2D eigenvalue weighted by Crippen LogP contribution is -2.45. The molecule has 0 heterocycles. The predicted molar refractivity (Wildman–Crippen MR) is 65.2 cm³/mol. The van der Waals surface area contributed by atoms with Gasteiger partial charge in [0, 0.05) is 6.54 Å². The summed E-state index contributed by atoms with van der Waals surface area (Å²) in [6, 6.07) is 0. The highest BCUT2D eigenvalue weighted by molar-refractivity contribution is 4.90. The Hall–Kier alpha value is -0.0800. The SMILES string of the molecule is CCCNCC1(OC(C)(C)C)CCCC1. The Bertz CT molecular complexity index is 177. The maximum absolute atomic E-state index is 6.27. The minimum Gasteiger partial charge on any atom is -0.368 e. The largest absolute Gasteiger partial charge is 0.368 e. The molecule has 2 heteroatoms. The highest BCUT2D eigenvalue weighted by Gasteiger charge is 2.37. The molecule has 0 unspecified atom stereocenters. The van der Waals surface area contributed by atoms with Gasteiger partial charge in [-0.25, -0.2) is 0 Å². The van der Waals surface area contributed by atoms with Gasteiger partial charge in [-0.2, -0.15) is 0 Å². The number of hydrogen-bond acceptors (Lipinski definition) is 2. The van der Waals surface area contributed by atoms with Gasteiger partial charge in [0.15, 0.2) is 0 Å². The van der Waals surface area contributed by atoms with E-state index in [0.29, 0.717) is 0 Å². The Kier molecular flexibility index (Phi) is 4.60. The molecule has 0 bridgehead atoms. The third-order valence-corrected chi connectivity index (χ3v) is 2.91. The van der Waals surface area contributed by atoms with Crippen LogP contribution in [0.4, 0.5) is 0 Å². The van der Waals surface area contributed by atoms with Crippen LogP contribution >= 0.6 is 0 Å². The third-order valence-electron chi connectivity index (χ3n) is 2.91. The van der Waals surface area contributed by atoms with E-state index in [4.69, 9.17) is 4.74 Å². The fourth-order valence-electron chi connectivity index (χ4n) is 2.48. The van der Waals surface area contributed by atoms with Crippen LogP contribution in [-0.2, 0) is 4.74 Å². The van der Waals surface area contributed by atoms with Gasteiger partial charge >= 0.3 is 0 Å². The first-order valence-corrected chi connectivity index (χ1v) is 6.38. The Balaban J connectivity index is 2.46. The number of ether oxygens (including phenoxy) is 1. The zero-order chi connectivity index (χ0) is 11.4. The van der Waals surface area contributed by atoms with Crippen LogP contribution in [0.5, 0.6) is 0 Å². The minimum absolute atomic E-state index is 0.0156. The van der Waals surface area contributed by atoms with Gasteiger partial charge in [0.1, 0.15) is 0 Å². The van der Waals surface area contributed by atoms with Crippen molar-refractivity contribution in [2.24, 2.45) is 0 Å². The summed E-state index contributed by atoms with van der Waals surface area (Å²) >= 11 is 0. The van der Waals surface area contributed by atoms with E-state index in [2.05, 4.69) is 33.0 Å². The quantitative estimate of drug-likeness (QED) is 0.709. The van der Waals surface area contributed by atoms with Crippen molar-refractivity contribution in [3.63, 3.8) is 0 Å². The zero-order valence-corrected chi connectivity index (χ0v) is 10.9. The highest BCUT2D eigenvalue weighted by atomic mass is 16.5. The van der Waals surface area contributed by atoms with Crippen molar-refractivity contribution in [1.29, 1.82) is 0 Å². The molecule has 1 saturated carbocycles. The van der Waals surface area contributed by atoms with Crippen LogP contribution in [0.1, 0.15) is 59.8 Å². The van der Waals surface area contributed by atoms with Crippen molar-refractivity contribution in [2.75, 3.05) is 13.1 Å². The Morgan fingerprint density at radius 2 is 1.80 bits per heavy atom. The monoisotopic (exact) mass is 213 g/mol. The molecule has 0 spiro atoms. The molecule has 2 nitrogen and oxygen atoms in total. The number of rotatable bonds is 5. The second kappa shape index (κ2) is 5.31. The van der Waals surface area contributed by atoms with Crippen molar-refractivity contribution < 1.29 is 4.74 Å². The van der Waals surface area contributed by atoms with Crippen LogP contribution in [-0.4, -0.2) is 24.3 Å². The van der Waals surface area contributed by atoms with Gasteiger partial charge in [0.2, 0.25) is 0 Å². The Morgan fingerprint density at radius 3 is 2.27 bits per heavy atom. The first kappa shape index (κ1) is 13.0. The van der Waals surface area contributed by atoms with Crippen LogP contribution in [0.25, 0.3) is 0 Å². The van der Waals surface area contributed by atoms with Crippen molar-refractivity contribution in [3.05, 3.63) is 0 Å². The summed E-state index contributed by atoms with van der Waals surface area (Å²) in [7, 11) is 0. The smallest absolute Gasteiger partial charge is 0.0813 e. The molecule has 0 aliphatic heterocycles. The van der Waals surface area contributed by atoms with Crippen LogP contribution in [0.3, 0.4) is 0 Å². The average Bonchev–Trinajstić information content (AvgIpc) is 2.51. The standard InChI is InChI=1S/C13H27NO/c1-5-10-14-11-13(8-6-7-9-13)15-12(2,3)4/h14H,5-11H2,1-4H3. The third kappa shape index (κ3) is 4.52. The molecule has 1 aliphatic rings. The van der Waals surface area contributed by atoms with Gasteiger partial charge in [0.25, 0.3) is 0 Å². The average molecular weight is 213 g/mol. The van der Waals surface area contributed by atoms with Crippen LogP contribution in [0, 0.1) is 0 Å². The van der Waals surface area contributed by atoms with Crippen molar-refractivity contribution >= 4 is 0 Å². The predicted octanol–water partition coefficient (Wildman–Crippen LogP) is 3.11. The second-order valence-electron chi connectivity index (χ2n) is 5.78. The summed E-state index contributed by atoms with van der Waals surface area (Å²) in [6.45, 7) is 10.8. The molecule has 0 saturated heterocycles. The lowest BCUT2D eigenvalue weighted by atomic mass is 10.00. The molecule has 15 heavy (non-hydrogen) atoms. The van der Waals surface area contributed by atoms with Gasteiger partial charge < -0.3 is 10.1 Å².